The van der Waals surface area contributed by atoms with E-state index in [2.05, 4.69) is 40.4 Å². The third kappa shape index (κ3) is 9.27. The fraction of sp³-hybridized carbons (Fsp3) is 0.574. The van der Waals surface area contributed by atoms with E-state index in [1.807, 2.05) is 59.1 Å². The van der Waals surface area contributed by atoms with Crippen LogP contribution < -0.4 is 10.7 Å². The van der Waals surface area contributed by atoms with Gasteiger partial charge in [-0.2, -0.15) is 5.43 Å². The summed E-state index contributed by atoms with van der Waals surface area (Å²) in [6.07, 6.45) is 2.26. The number of nitrogens with one attached hydrogen (secondary N) is 2. The van der Waals surface area contributed by atoms with Crippen LogP contribution in [0.1, 0.15) is 83.7 Å². The summed E-state index contributed by atoms with van der Waals surface area (Å²) in [5.74, 6) is -2.11. The predicted octanol–water partition coefficient (Wildman–Crippen LogP) is 5.16. The van der Waals surface area contributed by atoms with Crippen LogP contribution >= 0.6 is 11.3 Å². The van der Waals surface area contributed by atoms with E-state index in [-0.39, 0.29) is 68.9 Å². The number of methoxy groups -OCH3 is 1. The smallest absolute Gasteiger partial charge is 0.355 e. The Morgan fingerprint density at radius 3 is 2.59 bits per heavy atom. The lowest BCUT2D eigenvalue weighted by atomic mass is 9.84. The molecule has 1 aromatic carbocycles. The molecule has 0 saturated carbocycles. The molecule has 7 rings (SSSR count). The van der Waals surface area contributed by atoms with Crippen LogP contribution in [0.3, 0.4) is 0 Å². The average Bonchev–Trinajstić information content (AvgIpc) is 3.85. The fourth-order valence-corrected chi connectivity index (χ4v) is 10.2. The van der Waals surface area contributed by atoms with Crippen LogP contribution in [0.5, 0.6) is 0 Å². The van der Waals surface area contributed by atoms with E-state index in [1.165, 1.54) is 21.2 Å². The van der Waals surface area contributed by atoms with Crippen LogP contribution in [0.4, 0.5) is 4.79 Å². The molecule has 64 heavy (non-hydrogen) atoms. The lowest BCUT2D eigenvalue weighted by Crippen LogP contribution is -2.67. The molecule has 346 valence electrons. The average molecular weight is 901 g/mol. The van der Waals surface area contributed by atoms with Gasteiger partial charge in [-0.05, 0) is 74.3 Å². The number of pyridine rings is 1. The number of amides is 4. The SMILES string of the molecule is CCn1c(-c2cccnc2[C@H](C)OC)c2c3cc(ccc31)-c1csc(n1)C[C@H](NC(=O)[C@H](C(C)C)N(C)C(=O)N1CC([C@H](C)CO)C1)C(=O)N1CCC[C@@](O)(N1)C(=O)OCC(C)(C)C2. The van der Waals surface area contributed by atoms with E-state index >= 15 is 0 Å². The Morgan fingerprint density at radius 2 is 1.91 bits per heavy atom. The van der Waals surface area contributed by atoms with Crippen molar-refractivity contribution in [1.82, 2.24) is 40.1 Å². The molecule has 0 spiro atoms. The number of nitrogens with zero attached hydrogens (tertiary/aromatic N) is 6. The van der Waals surface area contributed by atoms with Gasteiger partial charge in [-0.25, -0.2) is 14.6 Å². The number of likely N-dealkylation sites (tertiary alicyclic amines) is 1. The Balaban J connectivity index is 1.28. The Kier molecular flexibility index (Phi) is 13.9. The number of rotatable bonds is 10. The number of esters is 1. The van der Waals surface area contributed by atoms with Crippen molar-refractivity contribution in [3.63, 3.8) is 0 Å². The number of hydrogen-bond donors (Lipinski definition) is 4. The first-order valence-electron chi connectivity index (χ1n) is 22.4. The minimum absolute atomic E-state index is 0.00193. The van der Waals surface area contributed by atoms with Crippen molar-refractivity contribution in [1.29, 1.82) is 0 Å². The number of hydrogen-bond acceptors (Lipinski definition) is 12. The Hall–Kier alpha value is -4.94. The van der Waals surface area contributed by atoms with Crippen LogP contribution in [0.15, 0.2) is 41.9 Å². The quantitative estimate of drug-likeness (QED) is 0.154. The number of aliphatic hydroxyl groups is 2. The number of likely N-dealkylation sites (N-methyl/N-ethyl adjacent to an activating group) is 1. The van der Waals surface area contributed by atoms with Crippen molar-refractivity contribution in [3.8, 4) is 22.5 Å². The van der Waals surface area contributed by atoms with Crippen molar-refractivity contribution < 1.29 is 38.9 Å². The van der Waals surface area contributed by atoms with Gasteiger partial charge >= 0.3 is 12.0 Å². The topological polar surface area (TPSA) is 192 Å². The highest BCUT2D eigenvalue weighted by Crippen LogP contribution is 2.42. The van der Waals surface area contributed by atoms with E-state index in [9.17, 15) is 29.4 Å². The summed E-state index contributed by atoms with van der Waals surface area (Å²) in [4.78, 5) is 69.4. The summed E-state index contributed by atoms with van der Waals surface area (Å²) in [7, 11) is 3.25. The molecule has 4 aromatic rings. The van der Waals surface area contributed by atoms with Gasteiger partial charge in [0, 0.05) is 98.8 Å². The third-order valence-corrected chi connectivity index (χ3v) is 14.0. The largest absolute Gasteiger partial charge is 0.462 e. The molecule has 5 atom stereocenters. The van der Waals surface area contributed by atoms with E-state index in [0.717, 1.165) is 39.0 Å². The molecule has 6 bridgehead atoms. The maximum absolute atomic E-state index is 14.6. The van der Waals surface area contributed by atoms with Gasteiger partial charge in [0.05, 0.1) is 34.8 Å². The summed E-state index contributed by atoms with van der Waals surface area (Å²) >= 11 is 1.37. The molecule has 2 fully saturated rings. The number of thiazole rings is 1. The first-order chi connectivity index (χ1) is 30.4. The summed E-state index contributed by atoms with van der Waals surface area (Å²) in [6, 6.07) is 7.84. The number of aromatic nitrogens is 3. The first kappa shape index (κ1) is 47.0. The van der Waals surface area contributed by atoms with Gasteiger partial charge in [0.2, 0.25) is 11.6 Å². The minimum atomic E-state index is -2.22. The normalized spacial score (nSPS) is 22.1. The molecule has 0 radical (unpaired) electrons. The highest BCUT2D eigenvalue weighted by atomic mass is 32.1. The number of cyclic esters (lactones) is 1. The molecule has 2 saturated heterocycles. The number of ether oxygens (including phenoxy) is 2. The number of fused-ring (bicyclic) bond motifs is 6. The zero-order valence-corrected chi connectivity index (χ0v) is 39.3. The number of carbonyl (C=O) groups excluding carboxylic acids is 4. The van der Waals surface area contributed by atoms with Crippen LogP contribution in [0.25, 0.3) is 33.4 Å². The van der Waals surface area contributed by atoms with Crippen molar-refractivity contribution in [2.45, 2.75) is 105 Å². The second-order valence-corrected chi connectivity index (χ2v) is 19.8. The zero-order valence-electron chi connectivity index (χ0n) is 38.5. The van der Waals surface area contributed by atoms with Crippen molar-refractivity contribution in [3.05, 3.63) is 58.2 Å². The van der Waals surface area contributed by atoms with E-state index < -0.39 is 41.0 Å². The number of carbonyl (C=O) groups is 4. The second-order valence-electron chi connectivity index (χ2n) is 18.9. The molecule has 3 aliphatic heterocycles. The summed E-state index contributed by atoms with van der Waals surface area (Å²) in [5.41, 5.74) is 6.29. The highest BCUT2D eigenvalue weighted by molar-refractivity contribution is 7.10. The molecule has 3 aliphatic rings. The van der Waals surface area contributed by atoms with Gasteiger partial charge in [0.15, 0.2) is 0 Å². The summed E-state index contributed by atoms with van der Waals surface area (Å²) in [6.45, 7) is 15.5. The monoisotopic (exact) mass is 900 g/mol. The van der Waals surface area contributed by atoms with E-state index in [0.29, 0.717) is 36.8 Å². The van der Waals surface area contributed by atoms with Crippen LogP contribution in [-0.4, -0.2) is 128 Å². The lowest BCUT2D eigenvalue weighted by Gasteiger charge is -2.45. The van der Waals surface area contributed by atoms with Crippen LogP contribution in [-0.2, 0) is 43.2 Å². The summed E-state index contributed by atoms with van der Waals surface area (Å²) < 4.78 is 14.0. The van der Waals surface area contributed by atoms with Gasteiger partial charge < -0.3 is 39.4 Å². The fourth-order valence-electron chi connectivity index (χ4n) is 9.31. The highest BCUT2D eigenvalue weighted by Gasteiger charge is 2.46. The molecule has 4 amide bonds. The third-order valence-electron chi connectivity index (χ3n) is 13.1. The van der Waals surface area contributed by atoms with Gasteiger partial charge in [-0.15, -0.1) is 11.3 Å². The maximum Gasteiger partial charge on any atom is 0.355 e. The van der Waals surface area contributed by atoms with Crippen molar-refractivity contribution in [2.75, 3.05) is 47.0 Å². The molecule has 16 nitrogen and oxygen atoms in total. The van der Waals surface area contributed by atoms with Gasteiger partial charge in [0.25, 0.3) is 5.91 Å². The number of hydrazine groups is 1. The number of aryl methyl sites for hydroxylation is 1. The van der Waals surface area contributed by atoms with Crippen LogP contribution in [0.2, 0.25) is 0 Å². The molecular weight excluding hydrogens is 837 g/mol. The molecule has 0 unspecified atom stereocenters. The van der Waals surface area contributed by atoms with E-state index in [4.69, 9.17) is 19.4 Å². The van der Waals surface area contributed by atoms with E-state index in [1.54, 1.807) is 25.3 Å². The zero-order chi connectivity index (χ0) is 46.2. The van der Waals surface area contributed by atoms with Gasteiger partial charge in [-0.1, -0.05) is 40.7 Å². The molecular formula is C47H64N8O8S. The number of aliphatic hydroxyl groups excluding tert-OH is 1. The molecule has 4 N–H and O–H groups in total. The lowest BCUT2D eigenvalue weighted by molar-refractivity contribution is -0.189. The number of benzene rings is 1. The second kappa shape index (κ2) is 18.9. The van der Waals surface area contributed by atoms with Gasteiger partial charge in [0.1, 0.15) is 12.1 Å². The maximum atomic E-state index is 14.6. The summed E-state index contributed by atoms with van der Waals surface area (Å²) in [5, 5.41) is 29.1. The minimum Gasteiger partial charge on any atom is -0.462 e. The molecule has 3 aromatic heterocycles. The molecule has 6 heterocycles. The molecule has 0 aliphatic carbocycles. The van der Waals surface area contributed by atoms with Crippen LogP contribution in [0, 0.1) is 23.2 Å². The van der Waals surface area contributed by atoms with Crippen molar-refractivity contribution in [2.24, 2.45) is 23.2 Å². The predicted molar refractivity (Wildman–Crippen MR) is 244 cm³/mol. The van der Waals surface area contributed by atoms with Crippen molar-refractivity contribution >= 4 is 46.1 Å². The first-order valence-corrected chi connectivity index (χ1v) is 23.3. The Morgan fingerprint density at radius 1 is 1.16 bits per heavy atom. The standard InChI is InChI=1S/C47H64N8O8S/c1-10-54-37-15-14-30-19-33(37)34(41(54)32-13-11-17-48-39(32)29(5)62-9)21-46(6,7)26-63-44(59)47(61)16-12-18-55(51-47)43(58)35(20-38-49-36(30)25-64-38)50-42(57)40(27(2)3)52(8)45(60)53-22-31(23-53)28(4)24-56/h11,13-15,17,19,25,27-29,31,35,40,51,56,61H,10,12,16,18,20-24,26H2,1-9H3,(H,50,57)/t28-,29+,35+,40+,47+/m1/s1. The van der Waals surface area contributed by atoms with Gasteiger partial charge in [-0.3, -0.25) is 19.6 Å². The number of urea groups is 1. The molecule has 17 heteroatoms. The Bertz CT molecular complexity index is 2370. The Labute approximate surface area is 379 Å².